The van der Waals surface area contributed by atoms with E-state index in [4.69, 9.17) is 5.73 Å². The van der Waals surface area contributed by atoms with E-state index in [1.165, 1.54) is 6.07 Å². The molecule has 0 saturated carbocycles. The lowest BCUT2D eigenvalue weighted by Gasteiger charge is -2.12. The average Bonchev–Trinajstić information content (AvgIpc) is 2.79. The van der Waals surface area contributed by atoms with Gasteiger partial charge in [-0.25, -0.2) is 9.37 Å². The van der Waals surface area contributed by atoms with Crippen LogP contribution in [0.5, 0.6) is 0 Å². The molecule has 2 aromatic heterocycles. The van der Waals surface area contributed by atoms with E-state index in [9.17, 15) is 4.39 Å². The van der Waals surface area contributed by atoms with E-state index in [2.05, 4.69) is 20.9 Å². The van der Waals surface area contributed by atoms with Crippen LogP contribution in [0.1, 0.15) is 0 Å². The molecule has 3 rings (SSSR count). The summed E-state index contributed by atoms with van der Waals surface area (Å²) in [5.74, 6) is 0.161. The molecule has 1 aromatic carbocycles. The van der Waals surface area contributed by atoms with Crippen LogP contribution in [-0.4, -0.2) is 23.5 Å². The second-order valence-corrected chi connectivity index (χ2v) is 5.84. The first-order chi connectivity index (χ1) is 9.97. The largest absolute Gasteiger partial charge is 0.383 e. The van der Waals surface area contributed by atoms with Crippen molar-refractivity contribution in [3.05, 3.63) is 46.8 Å². The van der Waals surface area contributed by atoms with Crippen LogP contribution in [0.15, 0.2) is 41.0 Å². The number of nitrogens with zero attached hydrogens (tertiary/aromatic N) is 3. The van der Waals surface area contributed by atoms with E-state index >= 15 is 0 Å². The van der Waals surface area contributed by atoms with Gasteiger partial charge in [-0.2, -0.15) is 0 Å². The molecule has 6 heteroatoms. The maximum Gasteiger partial charge on any atom is 0.139 e. The van der Waals surface area contributed by atoms with Gasteiger partial charge in [0.15, 0.2) is 0 Å². The Labute approximate surface area is 130 Å². The lowest BCUT2D eigenvalue weighted by molar-refractivity contribution is 0.621. The summed E-state index contributed by atoms with van der Waals surface area (Å²) in [7, 11) is 3.92. The fraction of sp³-hybridized carbons (Fsp3) is 0.133. The van der Waals surface area contributed by atoms with Crippen molar-refractivity contribution in [2.45, 2.75) is 0 Å². The fourth-order valence-corrected chi connectivity index (χ4v) is 2.42. The van der Waals surface area contributed by atoms with E-state index < -0.39 is 0 Å². The maximum atomic E-state index is 13.7. The summed E-state index contributed by atoms with van der Waals surface area (Å²) >= 11 is 3.14. The van der Waals surface area contributed by atoms with Crippen molar-refractivity contribution in [1.29, 1.82) is 0 Å². The van der Waals surface area contributed by atoms with E-state index in [0.29, 0.717) is 21.5 Å². The van der Waals surface area contributed by atoms with Gasteiger partial charge in [-0.05, 0) is 40.2 Å². The molecule has 2 heterocycles. The number of rotatable bonds is 2. The van der Waals surface area contributed by atoms with Crippen molar-refractivity contribution in [2.24, 2.45) is 0 Å². The first kappa shape index (κ1) is 13.9. The Kier molecular flexibility index (Phi) is 3.33. The van der Waals surface area contributed by atoms with Crippen molar-refractivity contribution >= 4 is 33.1 Å². The van der Waals surface area contributed by atoms with Crippen molar-refractivity contribution in [2.75, 3.05) is 24.7 Å². The SMILES string of the molecule is CN(C)c1ccc2nc(-c3ccc(Br)c(F)c3)c(N)n2c1. The lowest BCUT2D eigenvalue weighted by Crippen LogP contribution is -2.09. The summed E-state index contributed by atoms with van der Waals surface area (Å²) in [5.41, 5.74) is 9.16. The maximum absolute atomic E-state index is 13.7. The highest BCUT2D eigenvalue weighted by Gasteiger charge is 2.13. The smallest absolute Gasteiger partial charge is 0.139 e. The van der Waals surface area contributed by atoms with Gasteiger partial charge < -0.3 is 10.6 Å². The number of fused-ring (bicyclic) bond motifs is 1. The zero-order valence-corrected chi connectivity index (χ0v) is 13.2. The van der Waals surface area contributed by atoms with Gasteiger partial charge in [0, 0.05) is 25.9 Å². The molecule has 0 aliphatic rings. The van der Waals surface area contributed by atoms with Crippen molar-refractivity contribution < 1.29 is 4.39 Å². The number of hydrogen-bond donors (Lipinski definition) is 1. The third-order valence-corrected chi connectivity index (χ3v) is 3.99. The molecule has 21 heavy (non-hydrogen) atoms. The minimum atomic E-state index is -0.335. The molecule has 0 aliphatic carbocycles. The lowest BCUT2D eigenvalue weighted by atomic mass is 10.1. The molecule has 0 radical (unpaired) electrons. The number of nitrogens with two attached hydrogens (primary N) is 1. The van der Waals surface area contributed by atoms with Crippen LogP contribution >= 0.6 is 15.9 Å². The zero-order valence-electron chi connectivity index (χ0n) is 11.6. The third-order valence-electron chi connectivity index (χ3n) is 3.35. The minimum absolute atomic E-state index is 0.335. The Balaban J connectivity index is 2.19. The van der Waals surface area contributed by atoms with Gasteiger partial charge in [-0.3, -0.25) is 4.40 Å². The summed E-state index contributed by atoms with van der Waals surface area (Å²) in [4.78, 5) is 6.48. The predicted octanol–water partition coefficient (Wildman–Crippen LogP) is 3.55. The topological polar surface area (TPSA) is 46.6 Å². The van der Waals surface area contributed by atoms with Crippen LogP contribution < -0.4 is 10.6 Å². The summed E-state index contributed by atoms with van der Waals surface area (Å²) in [5, 5.41) is 0. The molecule has 0 amide bonds. The number of aromatic nitrogens is 2. The summed E-state index contributed by atoms with van der Waals surface area (Å²) in [6.07, 6.45) is 1.91. The Hall–Kier alpha value is -2.08. The molecule has 3 aromatic rings. The first-order valence-corrected chi connectivity index (χ1v) is 7.17. The van der Waals surface area contributed by atoms with Gasteiger partial charge in [0.2, 0.25) is 0 Å². The van der Waals surface area contributed by atoms with Crippen molar-refractivity contribution in [3.63, 3.8) is 0 Å². The molecule has 0 fully saturated rings. The molecule has 0 aliphatic heterocycles. The molecule has 0 atom stereocenters. The normalized spacial score (nSPS) is 11.0. The number of anilines is 2. The fourth-order valence-electron chi connectivity index (χ4n) is 2.17. The van der Waals surface area contributed by atoms with Crippen molar-refractivity contribution in [3.8, 4) is 11.3 Å². The highest BCUT2D eigenvalue weighted by Crippen LogP contribution is 2.30. The predicted molar refractivity (Wildman–Crippen MR) is 87.0 cm³/mol. The quantitative estimate of drug-likeness (QED) is 0.770. The van der Waals surface area contributed by atoms with Gasteiger partial charge >= 0.3 is 0 Å². The highest BCUT2D eigenvalue weighted by molar-refractivity contribution is 9.10. The first-order valence-electron chi connectivity index (χ1n) is 6.37. The third kappa shape index (κ3) is 2.35. The van der Waals surface area contributed by atoms with E-state index in [0.717, 1.165) is 11.3 Å². The summed E-state index contributed by atoms with van der Waals surface area (Å²) < 4.78 is 15.9. The Morgan fingerprint density at radius 3 is 2.67 bits per heavy atom. The van der Waals surface area contributed by atoms with Crippen LogP contribution in [-0.2, 0) is 0 Å². The van der Waals surface area contributed by atoms with Crippen LogP contribution in [0.3, 0.4) is 0 Å². The second kappa shape index (κ2) is 5.04. The highest BCUT2D eigenvalue weighted by atomic mass is 79.9. The Morgan fingerprint density at radius 2 is 2.00 bits per heavy atom. The van der Waals surface area contributed by atoms with Crippen molar-refractivity contribution in [1.82, 2.24) is 9.38 Å². The number of halogens is 2. The molecule has 0 bridgehead atoms. The molecule has 0 spiro atoms. The Bertz CT molecular complexity index is 826. The van der Waals surface area contributed by atoms with Gasteiger partial charge in [0.05, 0.1) is 10.2 Å². The molecular formula is C15H14BrFN4. The molecule has 4 nitrogen and oxygen atoms in total. The number of imidazole rings is 1. The van der Waals surface area contributed by atoms with E-state index in [1.54, 1.807) is 12.1 Å². The number of hydrogen-bond acceptors (Lipinski definition) is 3. The molecular weight excluding hydrogens is 335 g/mol. The second-order valence-electron chi connectivity index (χ2n) is 4.98. The number of pyridine rings is 1. The summed E-state index contributed by atoms with van der Waals surface area (Å²) in [6, 6.07) is 8.73. The van der Waals surface area contributed by atoms with E-state index in [-0.39, 0.29) is 5.82 Å². The average molecular weight is 349 g/mol. The molecule has 0 unspecified atom stereocenters. The standard InChI is InChI=1S/C15H14BrFN4/c1-20(2)10-4-6-13-19-14(15(18)21(13)8-10)9-3-5-11(16)12(17)7-9/h3-8H,18H2,1-2H3. The van der Waals surface area contributed by atoms with Gasteiger partial charge in [-0.1, -0.05) is 6.07 Å². The summed E-state index contributed by atoms with van der Waals surface area (Å²) in [6.45, 7) is 0. The molecule has 0 saturated heterocycles. The van der Waals surface area contributed by atoms with Gasteiger partial charge in [0.1, 0.15) is 23.0 Å². The van der Waals surface area contributed by atoms with Crippen LogP contribution in [0.4, 0.5) is 15.9 Å². The van der Waals surface area contributed by atoms with Crippen LogP contribution in [0.25, 0.3) is 16.9 Å². The molecule has 2 N–H and O–H groups in total. The number of benzene rings is 1. The van der Waals surface area contributed by atoms with Crippen LogP contribution in [0.2, 0.25) is 0 Å². The van der Waals surface area contributed by atoms with Crippen LogP contribution in [0, 0.1) is 5.82 Å². The minimum Gasteiger partial charge on any atom is -0.383 e. The van der Waals surface area contributed by atoms with Gasteiger partial charge in [-0.15, -0.1) is 0 Å². The van der Waals surface area contributed by atoms with E-state index in [1.807, 2.05) is 41.7 Å². The number of nitrogen functional groups attached to an aromatic ring is 1. The Morgan fingerprint density at radius 1 is 1.24 bits per heavy atom. The van der Waals surface area contributed by atoms with Gasteiger partial charge in [0.25, 0.3) is 0 Å². The zero-order chi connectivity index (χ0) is 15.1. The monoisotopic (exact) mass is 348 g/mol. The molecule has 108 valence electrons.